The summed E-state index contributed by atoms with van der Waals surface area (Å²) in [6, 6.07) is 11.2. The minimum atomic E-state index is -0.617. The molecule has 0 fully saturated rings. The monoisotopic (exact) mass is 255 g/mol. The van der Waals surface area contributed by atoms with Crippen molar-refractivity contribution in [2.24, 2.45) is 7.05 Å². The third-order valence-corrected chi connectivity index (χ3v) is 3.19. The van der Waals surface area contributed by atoms with Crippen LogP contribution in [0.1, 0.15) is 35.5 Å². The lowest BCUT2D eigenvalue weighted by atomic mass is 10.0. The summed E-state index contributed by atoms with van der Waals surface area (Å²) in [5.74, 6) is 0. The second-order valence-electron chi connectivity index (χ2n) is 4.56. The van der Waals surface area contributed by atoms with Crippen LogP contribution in [-0.2, 0) is 19.9 Å². The molecule has 1 N–H and O–H groups in total. The van der Waals surface area contributed by atoms with Gasteiger partial charge in [-0.25, -0.2) is 0 Å². The molecule has 0 saturated heterocycles. The first-order valence-electron chi connectivity index (χ1n) is 6.34. The zero-order valence-electron chi connectivity index (χ0n) is 11.2. The maximum Gasteiger partial charge on any atom is 0.0991 e. The number of aliphatic hydroxyl groups excluding tert-OH is 1. The van der Waals surface area contributed by atoms with Crippen molar-refractivity contribution in [3.05, 3.63) is 52.8 Å². The van der Waals surface area contributed by atoms with Gasteiger partial charge in [0.05, 0.1) is 23.4 Å². The fourth-order valence-electron chi connectivity index (χ4n) is 2.07. The minimum absolute atomic E-state index is 0.498. The van der Waals surface area contributed by atoms with Crippen molar-refractivity contribution in [1.82, 2.24) is 9.78 Å². The van der Waals surface area contributed by atoms with E-state index in [9.17, 15) is 5.11 Å². The Kier molecular flexibility index (Phi) is 3.98. The smallest absolute Gasteiger partial charge is 0.0991 e. The number of hydrogen-bond donors (Lipinski definition) is 1. The van der Waals surface area contributed by atoms with E-state index < -0.39 is 6.10 Å². The van der Waals surface area contributed by atoms with Crippen LogP contribution in [0.5, 0.6) is 0 Å². The highest BCUT2D eigenvalue weighted by Crippen LogP contribution is 2.19. The Morgan fingerprint density at radius 1 is 1.42 bits per heavy atom. The van der Waals surface area contributed by atoms with Crippen molar-refractivity contribution in [3.63, 3.8) is 0 Å². The summed E-state index contributed by atoms with van der Waals surface area (Å²) in [7, 11) is 1.88. The van der Waals surface area contributed by atoms with Crippen LogP contribution in [-0.4, -0.2) is 14.9 Å². The molecule has 0 amide bonds. The molecule has 4 nitrogen and oxygen atoms in total. The third-order valence-electron chi connectivity index (χ3n) is 3.19. The number of benzene rings is 1. The summed E-state index contributed by atoms with van der Waals surface area (Å²) in [5.41, 5.74) is 3.34. The van der Waals surface area contributed by atoms with E-state index in [1.807, 2.05) is 19.2 Å². The van der Waals surface area contributed by atoms with Crippen molar-refractivity contribution in [3.8, 4) is 6.07 Å². The van der Waals surface area contributed by atoms with Crippen LogP contribution < -0.4 is 0 Å². The lowest BCUT2D eigenvalue weighted by molar-refractivity contribution is 0.176. The maximum absolute atomic E-state index is 10.2. The Labute approximate surface area is 112 Å². The fourth-order valence-corrected chi connectivity index (χ4v) is 2.07. The summed E-state index contributed by atoms with van der Waals surface area (Å²) in [4.78, 5) is 0. The van der Waals surface area contributed by atoms with Crippen LogP contribution in [0.4, 0.5) is 0 Å². The lowest BCUT2D eigenvalue weighted by Gasteiger charge is -2.11. The van der Waals surface area contributed by atoms with E-state index in [0.717, 1.165) is 23.4 Å². The highest BCUT2D eigenvalue weighted by molar-refractivity contribution is 5.34. The highest BCUT2D eigenvalue weighted by atomic mass is 16.3. The molecule has 1 unspecified atom stereocenters. The molecule has 0 radical (unpaired) electrons. The summed E-state index contributed by atoms with van der Waals surface area (Å²) < 4.78 is 1.80. The molecule has 0 aliphatic carbocycles. The second-order valence-corrected chi connectivity index (χ2v) is 4.56. The topological polar surface area (TPSA) is 61.8 Å². The fraction of sp³-hybridized carbons (Fsp3) is 0.333. The largest absolute Gasteiger partial charge is 0.388 e. The number of rotatable bonds is 4. The second kappa shape index (κ2) is 5.68. The van der Waals surface area contributed by atoms with Crippen LogP contribution in [0.2, 0.25) is 0 Å². The number of aliphatic hydroxyl groups is 1. The molecule has 98 valence electrons. The molecule has 0 aliphatic heterocycles. The van der Waals surface area contributed by atoms with Gasteiger partial charge in [0.25, 0.3) is 0 Å². The van der Waals surface area contributed by atoms with E-state index in [-0.39, 0.29) is 0 Å². The van der Waals surface area contributed by atoms with Gasteiger partial charge in [-0.15, -0.1) is 0 Å². The van der Waals surface area contributed by atoms with E-state index >= 15 is 0 Å². The molecule has 19 heavy (non-hydrogen) atoms. The Morgan fingerprint density at radius 3 is 2.84 bits per heavy atom. The quantitative estimate of drug-likeness (QED) is 0.910. The Hall–Kier alpha value is -2.12. The average molecular weight is 255 g/mol. The van der Waals surface area contributed by atoms with Gasteiger partial charge in [-0.1, -0.05) is 19.1 Å². The van der Waals surface area contributed by atoms with Crippen molar-refractivity contribution < 1.29 is 5.11 Å². The Bertz CT molecular complexity index is 610. The van der Waals surface area contributed by atoms with Gasteiger partial charge < -0.3 is 5.11 Å². The molecule has 2 rings (SSSR count). The molecule has 1 aromatic heterocycles. The van der Waals surface area contributed by atoms with Crippen molar-refractivity contribution in [2.75, 3.05) is 0 Å². The number of aryl methyl sites for hydroxylation is 2. The first kappa shape index (κ1) is 13.3. The molecule has 4 heteroatoms. The standard InChI is InChI=1S/C15H17N3O/c1-3-13-8-14(18(2)17-13)9-15(19)12-6-4-5-11(7-12)10-16/h4-8,15,19H,3,9H2,1-2H3. The summed E-state index contributed by atoms with van der Waals surface area (Å²) in [6.45, 7) is 2.05. The van der Waals surface area contributed by atoms with Crippen molar-refractivity contribution in [1.29, 1.82) is 5.26 Å². The molecule has 2 aromatic rings. The molecule has 0 bridgehead atoms. The zero-order valence-corrected chi connectivity index (χ0v) is 11.2. The van der Waals surface area contributed by atoms with Crippen LogP contribution in [0.3, 0.4) is 0 Å². The minimum Gasteiger partial charge on any atom is -0.388 e. The molecule has 1 heterocycles. The van der Waals surface area contributed by atoms with Crippen LogP contribution in [0.25, 0.3) is 0 Å². The lowest BCUT2D eigenvalue weighted by Crippen LogP contribution is -2.06. The van der Waals surface area contributed by atoms with E-state index in [1.54, 1.807) is 22.9 Å². The molecule has 0 aliphatic rings. The maximum atomic E-state index is 10.2. The van der Waals surface area contributed by atoms with E-state index in [0.29, 0.717) is 12.0 Å². The van der Waals surface area contributed by atoms with Gasteiger partial charge in [-0.3, -0.25) is 4.68 Å². The predicted octanol–water partition coefficient (Wildman–Crippen LogP) is 2.13. The van der Waals surface area contributed by atoms with Gasteiger partial charge in [0.1, 0.15) is 0 Å². The summed E-state index contributed by atoms with van der Waals surface area (Å²) in [5, 5.41) is 23.5. The van der Waals surface area contributed by atoms with Gasteiger partial charge in [0, 0.05) is 19.2 Å². The Morgan fingerprint density at radius 2 is 2.21 bits per heavy atom. The summed E-state index contributed by atoms with van der Waals surface area (Å²) >= 11 is 0. The predicted molar refractivity (Wildman–Crippen MR) is 72.4 cm³/mol. The first-order chi connectivity index (χ1) is 9.13. The van der Waals surface area contributed by atoms with Gasteiger partial charge in [0.2, 0.25) is 0 Å². The average Bonchev–Trinajstić information content (AvgIpc) is 2.79. The molecule has 0 spiro atoms. The van der Waals surface area contributed by atoms with Crippen molar-refractivity contribution in [2.45, 2.75) is 25.9 Å². The normalized spacial score (nSPS) is 12.1. The highest BCUT2D eigenvalue weighted by Gasteiger charge is 2.12. The van der Waals surface area contributed by atoms with Crippen molar-refractivity contribution >= 4 is 0 Å². The van der Waals surface area contributed by atoms with Crippen LogP contribution >= 0.6 is 0 Å². The Balaban J connectivity index is 2.18. The number of nitriles is 1. The molecule has 0 saturated carbocycles. The third kappa shape index (κ3) is 3.01. The number of hydrogen-bond acceptors (Lipinski definition) is 3. The molecular weight excluding hydrogens is 238 g/mol. The zero-order chi connectivity index (χ0) is 13.8. The van der Waals surface area contributed by atoms with Gasteiger partial charge in [0.15, 0.2) is 0 Å². The van der Waals surface area contributed by atoms with E-state index in [4.69, 9.17) is 5.26 Å². The molecule has 1 aromatic carbocycles. The summed E-state index contributed by atoms with van der Waals surface area (Å²) in [6.07, 6.45) is 0.764. The SMILES string of the molecule is CCc1cc(CC(O)c2cccc(C#N)c2)n(C)n1. The van der Waals surface area contributed by atoms with Gasteiger partial charge in [-0.2, -0.15) is 10.4 Å². The van der Waals surface area contributed by atoms with Gasteiger partial charge >= 0.3 is 0 Å². The van der Waals surface area contributed by atoms with Crippen LogP contribution in [0.15, 0.2) is 30.3 Å². The number of aromatic nitrogens is 2. The molecular formula is C15H17N3O. The van der Waals surface area contributed by atoms with E-state index in [1.165, 1.54) is 0 Å². The van der Waals surface area contributed by atoms with E-state index in [2.05, 4.69) is 18.1 Å². The first-order valence-corrected chi connectivity index (χ1v) is 6.34. The van der Waals surface area contributed by atoms with Gasteiger partial charge in [-0.05, 0) is 30.2 Å². The number of nitrogens with zero attached hydrogens (tertiary/aromatic N) is 3. The van der Waals surface area contributed by atoms with Crippen LogP contribution in [0, 0.1) is 11.3 Å². The molecule has 1 atom stereocenters.